The largest absolute Gasteiger partial charge is 0.372 e. The standard InChI is InChI=1S/C22H27N5O2/c1-15(28)23-11-12-24-21-19-13-17(14-29-18-9-5-6-10-18)25-22(19)27-20(26-21)16-7-3-2-4-8-16/h2-4,7-8,13,18H,5-6,9-12,14H2,1H3,(H,23,28)(H2,24,25,26,27). The Labute approximate surface area is 170 Å². The van der Waals surface area contributed by atoms with Gasteiger partial charge >= 0.3 is 0 Å². The van der Waals surface area contributed by atoms with E-state index in [1.807, 2.05) is 30.3 Å². The summed E-state index contributed by atoms with van der Waals surface area (Å²) in [6, 6.07) is 12.0. The second-order valence-electron chi connectivity index (χ2n) is 7.45. The number of H-pyrrole nitrogens is 1. The molecule has 1 amide bonds. The summed E-state index contributed by atoms with van der Waals surface area (Å²) in [6.45, 7) is 3.18. The molecule has 1 fully saturated rings. The molecule has 2 heterocycles. The van der Waals surface area contributed by atoms with E-state index in [0.717, 1.165) is 41.0 Å². The number of hydrogen-bond acceptors (Lipinski definition) is 5. The van der Waals surface area contributed by atoms with E-state index in [1.54, 1.807) is 0 Å². The molecule has 1 aromatic carbocycles. The zero-order valence-corrected chi connectivity index (χ0v) is 16.7. The van der Waals surface area contributed by atoms with Crippen molar-refractivity contribution in [2.75, 3.05) is 18.4 Å². The fourth-order valence-electron chi connectivity index (χ4n) is 3.67. The number of carbonyl (C=O) groups is 1. The number of rotatable bonds is 8. The number of carbonyl (C=O) groups excluding carboxylic acids is 1. The quantitative estimate of drug-likeness (QED) is 0.508. The van der Waals surface area contributed by atoms with Crippen LogP contribution in [0.25, 0.3) is 22.4 Å². The SMILES string of the molecule is CC(=O)NCCNc1nc(-c2ccccc2)nc2[nH]c(COC3CCCC3)cc12. The van der Waals surface area contributed by atoms with Crippen molar-refractivity contribution >= 4 is 22.8 Å². The maximum Gasteiger partial charge on any atom is 0.216 e. The first-order chi connectivity index (χ1) is 14.2. The summed E-state index contributed by atoms with van der Waals surface area (Å²) in [6.07, 6.45) is 5.17. The van der Waals surface area contributed by atoms with Crippen molar-refractivity contribution in [1.82, 2.24) is 20.3 Å². The number of aromatic amines is 1. The molecule has 4 rings (SSSR count). The molecule has 0 bridgehead atoms. The van der Waals surface area contributed by atoms with Crippen LogP contribution < -0.4 is 10.6 Å². The number of benzene rings is 1. The fourth-order valence-corrected chi connectivity index (χ4v) is 3.67. The third kappa shape index (κ3) is 4.92. The number of anilines is 1. The fraction of sp³-hybridized carbons (Fsp3) is 0.409. The van der Waals surface area contributed by atoms with E-state index in [2.05, 4.69) is 21.7 Å². The summed E-state index contributed by atoms with van der Waals surface area (Å²) in [5.41, 5.74) is 2.74. The van der Waals surface area contributed by atoms with Gasteiger partial charge in [-0.05, 0) is 18.9 Å². The van der Waals surface area contributed by atoms with E-state index >= 15 is 0 Å². The molecule has 29 heavy (non-hydrogen) atoms. The lowest BCUT2D eigenvalue weighted by atomic mass is 10.2. The second-order valence-corrected chi connectivity index (χ2v) is 7.45. The van der Waals surface area contributed by atoms with E-state index in [9.17, 15) is 4.79 Å². The van der Waals surface area contributed by atoms with Crippen molar-refractivity contribution in [3.8, 4) is 11.4 Å². The Morgan fingerprint density at radius 3 is 2.72 bits per heavy atom. The maximum atomic E-state index is 11.1. The van der Waals surface area contributed by atoms with E-state index in [0.29, 0.717) is 31.6 Å². The van der Waals surface area contributed by atoms with Gasteiger partial charge in [-0.3, -0.25) is 4.79 Å². The van der Waals surface area contributed by atoms with Crippen molar-refractivity contribution < 1.29 is 9.53 Å². The zero-order chi connectivity index (χ0) is 20.1. The highest BCUT2D eigenvalue weighted by Crippen LogP contribution is 2.27. The summed E-state index contributed by atoms with van der Waals surface area (Å²) < 4.78 is 6.05. The Kier molecular flexibility index (Phi) is 6.05. The van der Waals surface area contributed by atoms with Crippen LogP contribution in [0.1, 0.15) is 38.3 Å². The first-order valence-electron chi connectivity index (χ1n) is 10.2. The highest BCUT2D eigenvalue weighted by Gasteiger charge is 2.17. The first kappa shape index (κ1) is 19.4. The molecule has 1 saturated carbocycles. The third-order valence-corrected chi connectivity index (χ3v) is 5.14. The molecule has 2 aromatic heterocycles. The van der Waals surface area contributed by atoms with E-state index in [1.165, 1.54) is 19.8 Å². The van der Waals surface area contributed by atoms with Gasteiger partial charge in [0.05, 0.1) is 18.1 Å². The van der Waals surface area contributed by atoms with Crippen LogP contribution >= 0.6 is 0 Å². The monoisotopic (exact) mass is 393 g/mol. The molecule has 0 aliphatic heterocycles. The number of nitrogens with zero attached hydrogens (tertiary/aromatic N) is 2. The van der Waals surface area contributed by atoms with Crippen LogP contribution in [0.3, 0.4) is 0 Å². The normalized spacial score (nSPS) is 14.4. The number of ether oxygens (including phenoxy) is 1. The maximum absolute atomic E-state index is 11.1. The summed E-state index contributed by atoms with van der Waals surface area (Å²) in [5, 5.41) is 7.06. The Hall–Kier alpha value is -2.93. The van der Waals surface area contributed by atoms with Crippen LogP contribution in [-0.4, -0.2) is 40.1 Å². The lowest BCUT2D eigenvalue weighted by Gasteiger charge is -2.09. The topological polar surface area (TPSA) is 91.9 Å². The Balaban J connectivity index is 1.58. The van der Waals surface area contributed by atoms with Crippen LogP contribution in [-0.2, 0) is 16.1 Å². The van der Waals surface area contributed by atoms with Crippen molar-refractivity contribution in [3.05, 3.63) is 42.1 Å². The minimum absolute atomic E-state index is 0.0439. The lowest BCUT2D eigenvalue weighted by molar-refractivity contribution is -0.118. The molecule has 0 radical (unpaired) electrons. The number of nitrogens with one attached hydrogen (secondary N) is 3. The van der Waals surface area contributed by atoms with Crippen LogP contribution in [0.4, 0.5) is 5.82 Å². The molecule has 0 spiro atoms. The predicted molar refractivity (Wildman–Crippen MR) is 114 cm³/mol. The molecule has 0 unspecified atom stereocenters. The molecule has 3 N–H and O–H groups in total. The summed E-state index contributed by atoms with van der Waals surface area (Å²) in [5.74, 6) is 1.37. The molecule has 1 aliphatic rings. The van der Waals surface area contributed by atoms with Gasteiger partial charge in [-0.2, -0.15) is 0 Å². The van der Waals surface area contributed by atoms with Crippen LogP contribution in [0.5, 0.6) is 0 Å². The summed E-state index contributed by atoms with van der Waals surface area (Å²) in [7, 11) is 0. The molecule has 152 valence electrons. The minimum Gasteiger partial charge on any atom is -0.372 e. The molecule has 0 saturated heterocycles. The van der Waals surface area contributed by atoms with Gasteiger partial charge < -0.3 is 20.4 Å². The summed E-state index contributed by atoms with van der Waals surface area (Å²) >= 11 is 0. The van der Waals surface area contributed by atoms with Gasteiger partial charge in [-0.1, -0.05) is 43.2 Å². The van der Waals surface area contributed by atoms with Crippen molar-refractivity contribution in [1.29, 1.82) is 0 Å². The molecular weight excluding hydrogens is 366 g/mol. The van der Waals surface area contributed by atoms with E-state index in [4.69, 9.17) is 14.7 Å². The number of hydrogen-bond donors (Lipinski definition) is 3. The third-order valence-electron chi connectivity index (χ3n) is 5.14. The highest BCUT2D eigenvalue weighted by atomic mass is 16.5. The van der Waals surface area contributed by atoms with E-state index < -0.39 is 0 Å². The van der Waals surface area contributed by atoms with Gasteiger partial charge in [0.25, 0.3) is 0 Å². The minimum atomic E-state index is -0.0439. The van der Waals surface area contributed by atoms with Crippen LogP contribution in [0.2, 0.25) is 0 Å². The highest BCUT2D eigenvalue weighted by molar-refractivity contribution is 5.89. The van der Waals surface area contributed by atoms with Crippen molar-refractivity contribution in [2.24, 2.45) is 0 Å². The number of aromatic nitrogens is 3. The molecular formula is C22H27N5O2. The molecule has 0 atom stereocenters. The Morgan fingerprint density at radius 1 is 1.17 bits per heavy atom. The van der Waals surface area contributed by atoms with Gasteiger partial charge in [0, 0.05) is 31.3 Å². The average Bonchev–Trinajstić information content (AvgIpc) is 3.39. The van der Waals surface area contributed by atoms with Crippen molar-refractivity contribution in [2.45, 2.75) is 45.3 Å². The molecule has 7 heteroatoms. The Morgan fingerprint density at radius 2 is 1.97 bits per heavy atom. The van der Waals surface area contributed by atoms with Gasteiger partial charge in [0.2, 0.25) is 5.91 Å². The van der Waals surface area contributed by atoms with Gasteiger partial charge in [0.1, 0.15) is 11.5 Å². The first-order valence-corrected chi connectivity index (χ1v) is 10.2. The molecule has 3 aromatic rings. The second kappa shape index (κ2) is 9.05. The van der Waals surface area contributed by atoms with Crippen LogP contribution in [0.15, 0.2) is 36.4 Å². The Bertz CT molecular complexity index is 964. The zero-order valence-electron chi connectivity index (χ0n) is 16.7. The van der Waals surface area contributed by atoms with Gasteiger partial charge in [-0.15, -0.1) is 0 Å². The predicted octanol–water partition coefficient (Wildman–Crippen LogP) is 3.63. The van der Waals surface area contributed by atoms with E-state index in [-0.39, 0.29) is 5.91 Å². The lowest BCUT2D eigenvalue weighted by Crippen LogP contribution is -2.26. The molecule has 1 aliphatic carbocycles. The van der Waals surface area contributed by atoms with Crippen molar-refractivity contribution in [3.63, 3.8) is 0 Å². The molecule has 7 nitrogen and oxygen atoms in total. The average molecular weight is 393 g/mol. The smallest absolute Gasteiger partial charge is 0.216 e. The van der Waals surface area contributed by atoms with Gasteiger partial charge in [-0.25, -0.2) is 9.97 Å². The van der Waals surface area contributed by atoms with Gasteiger partial charge in [0.15, 0.2) is 5.82 Å². The number of amides is 1. The van der Waals surface area contributed by atoms with Crippen LogP contribution in [0, 0.1) is 0 Å². The summed E-state index contributed by atoms with van der Waals surface area (Å²) in [4.78, 5) is 24.0. The number of fused-ring (bicyclic) bond motifs is 1.